The summed E-state index contributed by atoms with van der Waals surface area (Å²) in [6.45, 7) is 7.57. The lowest BCUT2D eigenvalue weighted by atomic mass is 10.1. The van der Waals surface area contributed by atoms with Crippen LogP contribution in [0.3, 0.4) is 0 Å². The van der Waals surface area contributed by atoms with Gasteiger partial charge in [0.25, 0.3) is 15.9 Å². The lowest BCUT2D eigenvalue weighted by Gasteiger charge is -2.10. The molecular weight excluding hydrogens is 364 g/mol. The molecule has 0 saturated carbocycles. The van der Waals surface area contributed by atoms with Gasteiger partial charge in [0.1, 0.15) is 0 Å². The Labute approximate surface area is 161 Å². The normalized spacial score (nSPS) is 11.2. The van der Waals surface area contributed by atoms with Crippen LogP contribution < -0.4 is 10.0 Å². The van der Waals surface area contributed by atoms with Gasteiger partial charge in [0.15, 0.2) is 0 Å². The van der Waals surface area contributed by atoms with Crippen molar-refractivity contribution in [3.05, 3.63) is 59.2 Å². The molecule has 0 spiro atoms. The van der Waals surface area contributed by atoms with Crippen molar-refractivity contribution in [2.45, 2.75) is 32.1 Å². The molecule has 27 heavy (non-hydrogen) atoms. The quantitative estimate of drug-likeness (QED) is 0.644. The number of ether oxygens (including phenoxy) is 1. The maximum absolute atomic E-state index is 12.5. The van der Waals surface area contributed by atoms with Crippen molar-refractivity contribution in [2.75, 3.05) is 24.5 Å². The molecule has 0 bridgehead atoms. The molecule has 0 aliphatic rings. The largest absolute Gasteiger partial charge is 0.382 e. The predicted molar refractivity (Wildman–Crippen MR) is 107 cm³/mol. The van der Waals surface area contributed by atoms with Crippen LogP contribution in [-0.2, 0) is 14.8 Å². The lowest BCUT2D eigenvalue weighted by Crippen LogP contribution is -2.25. The Morgan fingerprint density at radius 3 is 2.37 bits per heavy atom. The number of nitrogens with one attached hydrogen (secondary N) is 2. The Bertz CT molecular complexity index is 877. The third-order valence-corrected chi connectivity index (χ3v) is 5.54. The molecule has 1 amide bonds. The van der Waals surface area contributed by atoms with Crippen LogP contribution in [0, 0.1) is 13.8 Å². The van der Waals surface area contributed by atoms with Crippen LogP contribution in [0.4, 0.5) is 5.69 Å². The second kappa shape index (κ2) is 9.53. The minimum absolute atomic E-state index is 0.105. The summed E-state index contributed by atoms with van der Waals surface area (Å²) in [6, 6.07) is 11.3. The minimum atomic E-state index is -3.71. The van der Waals surface area contributed by atoms with E-state index in [1.807, 2.05) is 26.8 Å². The number of sulfonamides is 1. The number of hydrogen-bond acceptors (Lipinski definition) is 4. The van der Waals surface area contributed by atoms with Gasteiger partial charge >= 0.3 is 0 Å². The topological polar surface area (TPSA) is 84.5 Å². The van der Waals surface area contributed by atoms with Crippen LogP contribution in [0.2, 0.25) is 0 Å². The Morgan fingerprint density at radius 1 is 1.04 bits per heavy atom. The molecule has 0 radical (unpaired) electrons. The number of benzene rings is 2. The van der Waals surface area contributed by atoms with Gasteiger partial charge < -0.3 is 10.1 Å². The van der Waals surface area contributed by atoms with Gasteiger partial charge in [-0.2, -0.15) is 0 Å². The van der Waals surface area contributed by atoms with Crippen molar-refractivity contribution in [1.29, 1.82) is 0 Å². The van der Waals surface area contributed by atoms with Crippen LogP contribution >= 0.6 is 0 Å². The van der Waals surface area contributed by atoms with E-state index in [9.17, 15) is 13.2 Å². The van der Waals surface area contributed by atoms with E-state index in [4.69, 9.17) is 4.74 Å². The maximum atomic E-state index is 12.5. The van der Waals surface area contributed by atoms with Gasteiger partial charge in [-0.1, -0.05) is 6.07 Å². The highest BCUT2D eigenvalue weighted by Crippen LogP contribution is 2.19. The smallest absolute Gasteiger partial charge is 0.261 e. The fourth-order valence-electron chi connectivity index (χ4n) is 2.43. The molecular formula is C20H26N2O4S. The Kier molecular flexibility index (Phi) is 7.38. The number of hydrogen-bond donors (Lipinski definition) is 2. The van der Waals surface area contributed by atoms with Crippen LogP contribution in [0.15, 0.2) is 47.4 Å². The summed E-state index contributed by atoms with van der Waals surface area (Å²) in [5.41, 5.74) is 3.02. The SMILES string of the molecule is CCOCCCNC(=O)c1ccc(S(=O)(=O)Nc2ccc(C)c(C)c2)cc1. The van der Waals surface area contributed by atoms with E-state index in [-0.39, 0.29) is 10.8 Å². The molecule has 146 valence electrons. The minimum Gasteiger partial charge on any atom is -0.382 e. The second-order valence-electron chi connectivity index (χ2n) is 6.24. The van der Waals surface area contributed by atoms with Crippen molar-refractivity contribution in [1.82, 2.24) is 5.32 Å². The van der Waals surface area contributed by atoms with Crippen molar-refractivity contribution < 1.29 is 17.9 Å². The molecule has 0 atom stereocenters. The maximum Gasteiger partial charge on any atom is 0.261 e. The molecule has 2 rings (SSSR count). The van der Waals surface area contributed by atoms with Crippen molar-refractivity contribution in [3.8, 4) is 0 Å². The molecule has 0 aromatic heterocycles. The first-order valence-electron chi connectivity index (χ1n) is 8.89. The molecule has 0 aliphatic carbocycles. The molecule has 0 fully saturated rings. The molecule has 2 aromatic rings. The highest BCUT2D eigenvalue weighted by atomic mass is 32.2. The Morgan fingerprint density at radius 2 is 1.74 bits per heavy atom. The fraction of sp³-hybridized carbons (Fsp3) is 0.350. The first-order valence-corrected chi connectivity index (χ1v) is 10.4. The molecule has 0 saturated heterocycles. The molecule has 7 heteroatoms. The second-order valence-corrected chi connectivity index (χ2v) is 7.92. The molecule has 6 nitrogen and oxygen atoms in total. The number of carbonyl (C=O) groups is 1. The molecule has 2 aromatic carbocycles. The van der Waals surface area contributed by atoms with Gasteiger partial charge in [0.2, 0.25) is 0 Å². The Balaban J connectivity index is 2.00. The van der Waals surface area contributed by atoms with E-state index >= 15 is 0 Å². The molecule has 0 heterocycles. The lowest BCUT2D eigenvalue weighted by molar-refractivity contribution is 0.0944. The summed E-state index contributed by atoms with van der Waals surface area (Å²) < 4.78 is 32.8. The van der Waals surface area contributed by atoms with Gasteiger partial charge in [-0.05, 0) is 74.7 Å². The summed E-state index contributed by atoms with van der Waals surface area (Å²) in [7, 11) is -3.71. The summed E-state index contributed by atoms with van der Waals surface area (Å²) in [6.07, 6.45) is 0.728. The number of aryl methyl sites for hydroxylation is 2. The van der Waals surface area contributed by atoms with Gasteiger partial charge in [0.05, 0.1) is 4.90 Å². The van der Waals surface area contributed by atoms with Gasteiger partial charge in [-0.3, -0.25) is 9.52 Å². The third kappa shape index (κ3) is 6.08. The van der Waals surface area contributed by atoms with Crippen molar-refractivity contribution in [2.24, 2.45) is 0 Å². The van der Waals surface area contributed by atoms with Gasteiger partial charge in [0, 0.05) is 31.0 Å². The van der Waals surface area contributed by atoms with Crippen LogP contribution in [-0.4, -0.2) is 34.1 Å². The Hall–Kier alpha value is -2.38. The van der Waals surface area contributed by atoms with Gasteiger partial charge in [-0.15, -0.1) is 0 Å². The number of anilines is 1. The summed E-state index contributed by atoms with van der Waals surface area (Å²) in [5.74, 6) is -0.238. The summed E-state index contributed by atoms with van der Waals surface area (Å²) in [5, 5.41) is 2.78. The van der Waals surface area contributed by atoms with E-state index in [0.717, 1.165) is 17.5 Å². The molecule has 0 unspecified atom stereocenters. The first-order chi connectivity index (χ1) is 12.8. The zero-order valence-corrected chi connectivity index (χ0v) is 16.7. The van der Waals surface area contributed by atoms with E-state index in [1.54, 1.807) is 12.1 Å². The van der Waals surface area contributed by atoms with Crippen LogP contribution in [0.25, 0.3) is 0 Å². The standard InChI is InChI=1S/C20H26N2O4S/c1-4-26-13-5-12-21-20(23)17-7-10-19(11-8-17)27(24,25)22-18-9-6-15(2)16(3)14-18/h6-11,14,22H,4-5,12-13H2,1-3H3,(H,21,23). The molecule has 2 N–H and O–H groups in total. The number of rotatable bonds is 9. The van der Waals surface area contributed by atoms with Crippen molar-refractivity contribution >= 4 is 21.6 Å². The van der Waals surface area contributed by atoms with E-state index in [1.165, 1.54) is 24.3 Å². The van der Waals surface area contributed by atoms with E-state index < -0.39 is 10.0 Å². The number of amides is 1. The average Bonchev–Trinajstić information content (AvgIpc) is 2.64. The van der Waals surface area contributed by atoms with E-state index in [2.05, 4.69) is 10.0 Å². The molecule has 0 aliphatic heterocycles. The highest BCUT2D eigenvalue weighted by molar-refractivity contribution is 7.92. The summed E-state index contributed by atoms with van der Waals surface area (Å²) >= 11 is 0. The van der Waals surface area contributed by atoms with Crippen LogP contribution in [0.1, 0.15) is 34.8 Å². The number of carbonyl (C=O) groups excluding carboxylic acids is 1. The summed E-state index contributed by atoms with van der Waals surface area (Å²) in [4.78, 5) is 12.2. The zero-order chi connectivity index (χ0) is 19.9. The predicted octanol–water partition coefficient (Wildman–Crippen LogP) is 3.26. The monoisotopic (exact) mass is 390 g/mol. The highest BCUT2D eigenvalue weighted by Gasteiger charge is 2.15. The zero-order valence-electron chi connectivity index (χ0n) is 15.9. The van der Waals surface area contributed by atoms with Gasteiger partial charge in [-0.25, -0.2) is 8.42 Å². The van der Waals surface area contributed by atoms with E-state index in [0.29, 0.717) is 31.0 Å². The third-order valence-electron chi connectivity index (χ3n) is 4.14. The van der Waals surface area contributed by atoms with Crippen LogP contribution in [0.5, 0.6) is 0 Å². The average molecular weight is 391 g/mol. The fourth-order valence-corrected chi connectivity index (χ4v) is 3.48. The first kappa shape index (κ1) is 20.9. The van der Waals surface area contributed by atoms with Crippen molar-refractivity contribution in [3.63, 3.8) is 0 Å².